The van der Waals surface area contributed by atoms with Gasteiger partial charge in [0.25, 0.3) is 0 Å². The first-order valence-electron chi connectivity index (χ1n) is 8.73. The summed E-state index contributed by atoms with van der Waals surface area (Å²) < 4.78 is 11.2. The molecule has 0 aromatic carbocycles. The predicted octanol–water partition coefficient (Wildman–Crippen LogP) is 2.28. The molecule has 0 spiro atoms. The smallest absolute Gasteiger partial charge is 0.336 e. The van der Waals surface area contributed by atoms with Crippen molar-refractivity contribution >= 4 is 5.97 Å². The van der Waals surface area contributed by atoms with Gasteiger partial charge >= 0.3 is 11.6 Å². The molecule has 0 bridgehead atoms. The molecule has 0 amide bonds. The van der Waals surface area contributed by atoms with Gasteiger partial charge in [-0.15, -0.1) is 0 Å². The van der Waals surface area contributed by atoms with Gasteiger partial charge in [0.15, 0.2) is 0 Å². The van der Waals surface area contributed by atoms with Gasteiger partial charge in [0.1, 0.15) is 11.9 Å². The number of carbonyl (C=O) groups is 1. The minimum Gasteiger partial charge on any atom is -0.461 e. The van der Waals surface area contributed by atoms with Crippen LogP contribution in [0.25, 0.3) is 0 Å². The molecule has 1 aliphatic heterocycles. The van der Waals surface area contributed by atoms with E-state index in [1.54, 1.807) is 6.07 Å². The van der Waals surface area contributed by atoms with Crippen molar-refractivity contribution in [2.75, 3.05) is 0 Å². The Morgan fingerprint density at radius 1 is 1.21 bits per heavy atom. The zero-order valence-corrected chi connectivity index (χ0v) is 14.6. The second kappa shape index (κ2) is 4.72. The van der Waals surface area contributed by atoms with Crippen LogP contribution in [0.3, 0.4) is 0 Å². The molecule has 1 aromatic rings. The number of esters is 1. The first-order valence-corrected chi connectivity index (χ1v) is 8.73. The molecule has 1 saturated heterocycles. The minimum atomic E-state index is -0.692. The molecule has 2 fully saturated rings. The maximum atomic E-state index is 12.6. The minimum absolute atomic E-state index is 0.0183. The Morgan fingerprint density at radius 3 is 2.54 bits per heavy atom. The van der Waals surface area contributed by atoms with E-state index in [9.17, 15) is 14.7 Å². The second-order valence-electron chi connectivity index (χ2n) is 8.50. The summed E-state index contributed by atoms with van der Waals surface area (Å²) in [6, 6.07) is 1.57. The number of hydrogen-bond acceptors (Lipinski definition) is 5. The van der Waals surface area contributed by atoms with Gasteiger partial charge in [-0.25, -0.2) is 4.79 Å². The quantitative estimate of drug-likeness (QED) is 0.799. The van der Waals surface area contributed by atoms with E-state index in [1.807, 2.05) is 20.8 Å². The summed E-state index contributed by atoms with van der Waals surface area (Å²) in [5.74, 6) is 0.516. The van der Waals surface area contributed by atoms with E-state index in [0.29, 0.717) is 25.0 Å². The third kappa shape index (κ3) is 1.85. The largest absolute Gasteiger partial charge is 0.461 e. The van der Waals surface area contributed by atoms with Crippen molar-refractivity contribution in [3.63, 3.8) is 0 Å². The Labute approximate surface area is 141 Å². The number of aliphatic hydroxyl groups excluding tert-OH is 1. The standard InChI is InChI=1S/C19H24O5/c1-9(2)15-11-5-13-16-18(3,12(11)6-14(21)24-15)7-10(20)8-19(16,4)17(22)23-13/h6,9-10,13,16,20H,5,7-8H2,1-4H3/t10-,13?,16?,18+,19-/m0/s1. The maximum Gasteiger partial charge on any atom is 0.336 e. The Bertz CT molecular complexity index is 778. The summed E-state index contributed by atoms with van der Waals surface area (Å²) in [7, 11) is 0. The first-order chi connectivity index (χ1) is 11.2. The molecule has 1 aromatic heterocycles. The van der Waals surface area contributed by atoms with Crippen molar-refractivity contribution < 1.29 is 19.1 Å². The lowest BCUT2D eigenvalue weighted by atomic mass is 9.49. The summed E-state index contributed by atoms with van der Waals surface area (Å²) in [6.07, 6.45) is 0.760. The highest BCUT2D eigenvalue weighted by Crippen LogP contribution is 2.61. The predicted molar refractivity (Wildman–Crippen MR) is 86.8 cm³/mol. The van der Waals surface area contributed by atoms with E-state index in [2.05, 4.69) is 6.92 Å². The molecule has 5 atom stereocenters. The van der Waals surface area contributed by atoms with Crippen LogP contribution in [0, 0.1) is 11.3 Å². The number of aliphatic hydroxyl groups is 1. The number of fused-ring (bicyclic) bond motifs is 2. The molecule has 2 unspecified atom stereocenters. The van der Waals surface area contributed by atoms with Gasteiger partial charge in [-0.1, -0.05) is 20.8 Å². The number of carbonyl (C=O) groups excluding carboxylic acids is 1. The highest BCUT2D eigenvalue weighted by Gasteiger charge is 2.66. The van der Waals surface area contributed by atoms with Crippen LogP contribution in [0.2, 0.25) is 0 Å². The van der Waals surface area contributed by atoms with E-state index in [1.165, 1.54) is 0 Å². The molecule has 5 heteroatoms. The van der Waals surface area contributed by atoms with Gasteiger partial charge in [0, 0.05) is 29.7 Å². The van der Waals surface area contributed by atoms with Crippen LogP contribution in [0.15, 0.2) is 15.3 Å². The van der Waals surface area contributed by atoms with Crippen LogP contribution in [0.4, 0.5) is 0 Å². The molecule has 5 nitrogen and oxygen atoms in total. The average molecular weight is 332 g/mol. The first kappa shape index (κ1) is 15.9. The fraction of sp³-hybridized carbons (Fsp3) is 0.684. The summed E-state index contributed by atoms with van der Waals surface area (Å²) in [6.45, 7) is 7.95. The van der Waals surface area contributed by atoms with Gasteiger partial charge in [-0.3, -0.25) is 4.79 Å². The highest BCUT2D eigenvalue weighted by atomic mass is 16.6. The van der Waals surface area contributed by atoms with Crippen molar-refractivity contribution in [1.82, 2.24) is 0 Å². The lowest BCUT2D eigenvalue weighted by Crippen LogP contribution is -2.56. The summed E-state index contributed by atoms with van der Waals surface area (Å²) in [5.41, 5.74) is 0.412. The van der Waals surface area contributed by atoms with Crippen molar-refractivity contribution in [1.29, 1.82) is 0 Å². The maximum absolute atomic E-state index is 12.6. The molecule has 0 radical (unpaired) electrons. The topological polar surface area (TPSA) is 76.7 Å². The number of hydrogen-bond donors (Lipinski definition) is 1. The Hall–Kier alpha value is -1.62. The summed E-state index contributed by atoms with van der Waals surface area (Å²) in [5, 5.41) is 10.5. The second-order valence-corrected chi connectivity index (χ2v) is 8.50. The van der Waals surface area contributed by atoms with E-state index >= 15 is 0 Å². The zero-order valence-electron chi connectivity index (χ0n) is 14.6. The van der Waals surface area contributed by atoms with Gasteiger partial charge in [0.05, 0.1) is 11.5 Å². The van der Waals surface area contributed by atoms with Gasteiger partial charge in [-0.05, 0) is 30.9 Å². The zero-order chi connectivity index (χ0) is 17.4. The van der Waals surface area contributed by atoms with Crippen molar-refractivity contribution in [2.45, 2.75) is 70.5 Å². The molecule has 1 saturated carbocycles. The third-order valence-electron chi connectivity index (χ3n) is 6.43. The molecule has 130 valence electrons. The molecule has 2 heterocycles. The molecule has 4 rings (SSSR count). The fourth-order valence-corrected chi connectivity index (χ4v) is 5.74. The Kier molecular flexibility index (Phi) is 3.12. The van der Waals surface area contributed by atoms with Gasteiger partial charge in [0.2, 0.25) is 0 Å². The van der Waals surface area contributed by atoms with Crippen LogP contribution in [0.5, 0.6) is 0 Å². The van der Waals surface area contributed by atoms with Crippen molar-refractivity contribution in [3.8, 4) is 0 Å². The molecular weight excluding hydrogens is 308 g/mol. The lowest BCUT2D eigenvalue weighted by molar-refractivity contribution is -0.150. The monoisotopic (exact) mass is 332 g/mol. The summed E-state index contributed by atoms with van der Waals surface area (Å²) in [4.78, 5) is 24.7. The highest BCUT2D eigenvalue weighted by molar-refractivity contribution is 5.80. The van der Waals surface area contributed by atoms with Crippen LogP contribution in [-0.4, -0.2) is 23.3 Å². The third-order valence-corrected chi connectivity index (χ3v) is 6.43. The normalized spacial score (nSPS) is 40.2. The van der Waals surface area contributed by atoms with Crippen molar-refractivity contribution in [3.05, 3.63) is 33.4 Å². The summed E-state index contributed by atoms with van der Waals surface area (Å²) >= 11 is 0. The average Bonchev–Trinajstić information content (AvgIpc) is 2.70. The SMILES string of the molecule is CC(C)c1oc(=O)cc2c1CC1OC(=O)[C@@]3(C)C[C@@H](O)C[C@@]2(C)C13. The van der Waals surface area contributed by atoms with E-state index < -0.39 is 16.9 Å². The Balaban J connectivity index is 1.99. The van der Waals surface area contributed by atoms with Crippen LogP contribution < -0.4 is 5.63 Å². The van der Waals surface area contributed by atoms with Gasteiger partial charge < -0.3 is 14.3 Å². The van der Waals surface area contributed by atoms with Crippen molar-refractivity contribution in [2.24, 2.45) is 11.3 Å². The van der Waals surface area contributed by atoms with E-state index in [0.717, 1.165) is 11.1 Å². The molecule has 1 N–H and O–H groups in total. The van der Waals surface area contributed by atoms with Crippen LogP contribution >= 0.6 is 0 Å². The molecule has 3 aliphatic rings. The number of ether oxygens (including phenoxy) is 1. The van der Waals surface area contributed by atoms with Crippen LogP contribution in [-0.2, 0) is 21.4 Å². The molecular formula is C19H24O5. The van der Waals surface area contributed by atoms with Gasteiger partial charge in [-0.2, -0.15) is 0 Å². The lowest BCUT2D eigenvalue weighted by Gasteiger charge is -2.52. The fourth-order valence-electron chi connectivity index (χ4n) is 5.74. The molecule has 2 aliphatic carbocycles. The molecule has 24 heavy (non-hydrogen) atoms. The van der Waals surface area contributed by atoms with E-state index in [-0.39, 0.29) is 29.5 Å². The number of rotatable bonds is 1. The van der Waals surface area contributed by atoms with E-state index in [4.69, 9.17) is 9.15 Å². The van der Waals surface area contributed by atoms with Crippen LogP contribution in [0.1, 0.15) is 63.3 Å². The Morgan fingerprint density at radius 2 is 1.88 bits per heavy atom.